The normalized spacial score (nSPS) is 20.2. The monoisotopic (exact) mass is 382 g/mol. The third-order valence-corrected chi connectivity index (χ3v) is 5.53. The molecule has 4 rings (SSSR count). The summed E-state index contributed by atoms with van der Waals surface area (Å²) in [5, 5.41) is 4.88. The second kappa shape index (κ2) is 7.39. The van der Waals surface area contributed by atoms with Crippen LogP contribution in [0, 0.1) is 5.92 Å². The van der Waals surface area contributed by atoms with E-state index in [1.54, 1.807) is 18.4 Å². The molecule has 0 radical (unpaired) electrons. The minimum Gasteiger partial charge on any atom is -0.463 e. The van der Waals surface area contributed by atoms with Crippen molar-refractivity contribution in [1.82, 2.24) is 15.0 Å². The quantitative estimate of drug-likeness (QED) is 0.737. The van der Waals surface area contributed by atoms with Crippen molar-refractivity contribution in [2.24, 2.45) is 11.7 Å². The molecule has 2 atom stereocenters. The highest BCUT2D eigenvalue weighted by molar-refractivity contribution is 6.07. The Morgan fingerprint density at radius 1 is 1.43 bits per heavy atom. The van der Waals surface area contributed by atoms with Crippen molar-refractivity contribution in [3.63, 3.8) is 0 Å². The predicted molar refractivity (Wildman–Crippen MR) is 106 cm³/mol. The van der Waals surface area contributed by atoms with Gasteiger partial charge in [0.1, 0.15) is 5.69 Å². The second-order valence-corrected chi connectivity index (χ2v) is 7.95. The highest BCUT2D eigenvalue weighted by Gasteiger charge is 2.32. The number of nitrogens with two attached hydrogens (primary N) is 1. The first-order valence-corrected chi connectivity index (χ1v) is 9.84. The maximum atomic E-state index is 13.6. The number of hydrogen-bond donors (Lipinski definition) is 1. The van der Waals surface area contributed by atoms with Crippen LogP contribution in [0.3, 0.4) is 0 Å². The van der Waals surface area contributed by atoms with Crippen LogP contribution in [0.5, 0.6) is 0 Å². The fourth-order valence-electron chi connectivity index (χ4n) is 3.98. The van der Waals surface area contributed by atoms with Crippen LogP contribution >= 0.6 is 0 Å². The smallest absolute Gasteiger partial charge is 0.259 e. The van der Waals surface area contributed by atoms with Gasteiger partial charge in [0, 0.05) is 19.1 Å². The van der Waals surface area contributed by atoms with E-state index in [9.17, 15) is 4.79 Å². The van der Waals surface area contributed by atoms with Crippen LogP contribution in [0.1, 0.15) is 55.6 Å². The van der Waals surface area contributed by atoms with Gasteiger partial charge in [-0.25, -0.2) is 4.98 Å². The summed E-state index contributed by atoms with van der Waals surface area (Å²) in [5.74, 6) is 1.21. The summed E-state index contributed by atoms with van der Waals surface area (Å²) in [6.07, 6.45) is 3.48. The summed E-state index contributed by atoms with van der Waals surface area (Å²) >= 11 is 0. The molecule has 2 N–H and O–H groups in total. The van der Waals surface area contributed by atoms with Gasteiger partial charge in [-0.1, -0.05) is 25.9 Å². The van der Waals surface area contributed by atoms with Gasteiger partial charge in [0.2, 0.25) is 0 Å². The van der Waals surface area contributed by atoms with Crippen LogP contribution in [0.2, 0.25) is 0 Å². The Bertz CT molecular complexity index is 977. The van der Waals surface area contributed by atoms with Crippen molar-refractivity contribution < 1.29 is 13.7 Å². The van der Waals surface area contributed by atoms with E-state index in [0.29, 0.717) is 47.1 Å². The molecule has 7 heteroatoms. The number of piperidine rings is 1. The molecular weight excluding hydrogens is 356 g/mol. The number of hydrogen-bond acceptors (Lipinski definition) is 6. The SMILES string of the molecule is CC1CCN(C(=O)c2cc(-c3ccco3)nc3onc(C(C)C)c23)C(CN)C1. The molecule has 1 fully saturated rings. The van der Waals surface area contributed by atoms with Crippen molar-refractivity contribution >= 4 is 17.0 Å². The Hall–Kier alpha value is -2.67. The number of likely N-dealkylation sites (tertiary alicyclic amines) is 1. The van der Waals surface area contributed by atoms with Crippen molar-refractivity contribution in [3.05, 3.63) is 35.7 Å². The van der Waals surface area contributed by atoms with Gasteiger partial charge in [-0.3, -0.25) is 4.79 Å². The van der Waals surface area contributed by atoms with Gasteiger partial charge in [0.15, 0.2) is 5.76 Å². The summed E-state index contributed by atoms with van der Waals surface area (Å²) in [6.45, 7) is 7.41. The fourth-order valence-corrected chi connectivity index (χ4v) is 3.98. The minimum atomic E-state index is -0.0485. The van der Waals surface area contributed by atoms with Crippen molar-refractivity contribution in [1.29, 1.82) is 0 Å². The number of amides is 1. The maximum Gasteiger partial charge on any atom is 0.259 e. The second-order valence-electron chi connectivity index (χ2n) is 7.95. The molecule has 0 spiro atoms. The van der Waals surface area contributed by atoms with E-state index < -0.39 is 0 Å². The van der Waals surface area contributed by atoms with Gasteiger partial charge in [-0.15, -0.1) is 0 Å². The van der Waals surface area contributed by atoms with Gasteiger partial charge >= 0.3 is 0 Å². The number of carbonyl (C=O) groups is 1. The van der Waals surface area contributed by atoms with Crippen molar-refractivity contribution in [2.75, 3.05) is 13.1 Å². The Morgan fingerprint density at radius 3 is 2.93 bits per heavy atom. The number of furan rings is 1. The van der Waals surface area contributed by atoms with Crippen LogP contribution in [-0.2, 0) is 0 Å². The van der Waals surface area contributed by atoms with Crippen LogP contribution < -0.4 is 5.73 Å². The molecule has 3 aromatic heterocycles. The lowest BCUT2D eigenvalue weighted by atomic mass is 9.91. The van der Waals surface area contributed by atoms with Crippen molar-refractivity contribution in [3.8, 4) is 11.5 Å². The third-order valence-electron chi connectivity index (χ3n) is 5.53. The minimum absolute atomic E-state index is 0.0360. The van der Waals surface area contributed by atoms with E-state index >= 15 is 0 Å². The molecule has 0 saturated carbocycles. The van der Waals surface area contributed by atoms with E-state index in [4.69, 9.17) is 14.7 Å². The zero-order chi connectivity index (χ0) is 19.8. The van der Waals surface area contributed by atoms with E-state index in [1.807, 2.05) is 24.8 Å². The van der Waals surface area contributed by atoms with E-state index in [-0.39, 0.29) is 17.9 Å². The van der Waals surface area contributed by atoms with Gasteiger partial charge < -0.3 is 19.6 Å². The van der Waals surface area contributed by atoms with Gasteiger partial charge in [0.25, 0.3) is 11.6 Å². The number of nitrogens with zero attached hydrogens (tertiary/aromatic N) is 3. The number of pyridine rings is 1. The molecule has 3 aromatic rings. The highest BCUT2D eigenvalue weighted by atomic mass is 16.5. The molecule has 0 aliphatic carbocycles. The first kappa shape index (κ1) is 18.7. The number of aromatic nitrogens is 2. The Morgan fingerprint density at radius 2 is 2.25 bits per heavy atom. The molecule has 1 aliphatic heterocycles. The molecule has 1 amide bonds. The van der Waals surface area contributed by atoms with E-state index in [1.165, 1.54) is 0 Å². The topological polar surface area (TPSA) is 98.4 Å². The highest BCUT2D eigenvalue weighted by Crippen LogP contribution is 2.33. The van der Waals surface area contributed by atoms with Gasteiger partial charge in [-0.2, -0.15) is 0 Å². The summed E-state index contributed by atoms with van der Waals surface area (Å²) in [7, 11) is 0. The number of carbonyl (C=O) groups excluding carboxylic acids is 1. The maximum absolute atomic E-state index is 13.6. The first-order chi connectivity index (χ1) is 13.5. The lowest BCUT2D eigenvalue weighted by Crippen LogP contribution is -2.49. The Kier molecular flexibility index (Phi) is 4.93. The summed E-state index contributed by atoms with van der Waals surface area (Å²) in [6, 6.07) is 5.43. The molecule has 4 heterocycles. The van der Waals surface area contributed by atoms with Crippen LogP contribution in [-0.4, -0.2) is 40.1 Å². The largest absolute Gasteiger partial charge is 0.463 e. The predicted octanol–water partition coefficient (Wildman–Crippen LogP) is 3.81. The molecule has 28 heavy (non-hydrogen) atoms. The van der Waals surface area contributed by atoms with E-state index in [0.717, 1.165) is 18.5 Å². The first-order valence-electron chi connectivity index (χ1n) is 9.84. The van der Waals surface area contributed by atoms with Crippen LogP contribution in [0.4, 0.5) is 0 Å². The fraction of sp³-hybridized carbons (Fsp3) is 0.476. The molecule has 0 aromatic carbocycles. The van der Waals surface area contributed by atoms with Crippen LogP contribution in [0.25, 0.3) is 22.6 Å². The summed E-state index contributed by atoms with van der Waals surface area (Å²) in [4.78, 5) is 20.1. The third kappa shape index (κ3) is 3.20. The Balaban J connectivity index is 1.85. The summed E-state index contributed by atoms with van der Waals surface area (Å²) < 4.78 is 11.0. The lowest BCUT2D eigenvalue weighted by molar-refractivity contribution is 0.0575. The van der Waals surface area contributed by atoms with E-state index in [2.05, 4.69) is 17.1 Å². The molecule has 148 valence electrons. The van der Waals surface area contributed by atoms with Gasteiger partial charge in [0.05, 0.1) is 22.9 Å². The van der Waals surface area contributed by atoms with Crippen molar-refractivity contribution in [2.45, 2.75) is 45.6 Å². The molecule has 0 bridgehead atoms. The standard InChI is InChI=1S/C21H26N4O3/c1-12(2)19-18-15(21(26)25-7-6-13(3)9-14(25)11-22)10-16(17-5-4-8-27-17)23-20(18)28-24-19/h4-5,8,10,12-14H,6-7,9,11,22H2,1-3H3. The average Bonchev–Trinajstić information content (AvgIpc) is 3.36. The number of rotatable bonds is 4. The molecule has 1 aliphatic rings. The molecule has 2 unspecified atom stereocenters. The Labute approximate surface area is 163 Å². The summed E-state index contributed by atoms with van der Waals surface area (Å²) in [5.41, 5.74) is 8.20. The average molecular weight is 382 g/mol. The zero-order valence-corrected chi connectivity index (χ0v) is 16.5. The molecular formula is C21H26N4O3. The number of fused-ring (bicyclic) bond motifs is 1. The van der Waals surface area contributed by atoms with Gasteiger partial charge in [-0.05, 0) is 42.9 Å². The zero-order valence-electron chi connectivity index (χ0n) is 16.5. The molecule has 7 nitrogen and oxygen atoms in total. The molecule has 1 saturated heterocycles. The van der Waals surface area contributed by atoms with Crippen LogP contribution in [0.15, 0.2) is 33.4 Å². The lowest BCUT2D eigenvalue weighted by Gasteiger charge is -2.38.